The molecule has 7 nitrogen and oxygen atoms in total. The van der Waals surface area contributed by atoms with Crippen LogP contribution in [0.2, 0.25) is 0 Å². The smallest absolute Gasteiger partial charge is 0.289 e. The number of piperazine rings is 1. The zero-order chi connectivity index (χ0) is 21.1. The molecule has 0 bridgehead atoms. The van der Waals surface area contributed by atoms with E-state index in [9.17, 15) is 14.9 Å². The molecule has 8 heteroatoms. The Labute approximate surface area is 180 Å². The molecule has 2 aromatic rings. The number of nitrogens with zero attached hydrogens (tertiary/aromatic N) is 3. The second-order valence-electron chi connectivity index (χ2n) is 7.85. The van der Waals surface area contributed by atoms with Gasteiger partial charge in [0.25, 0.3) is 5.91 Å². The second kappa shape index (κ2) is 9.02. The lowest BCUT2D eigenvalue weighted by molar-refractivity contribution is -0.121. The summed E-state index contributed by atoms with van der Waals surface area (Å²) in [4.78, 5) is 30.4. The molecular weight excluding hydrogens is 400 g/mol. The van der Waals surface area contributed by atoms with Crippen molar-refractivity contribution in [3.8, 4) is 6.07 Å². The Morgan fingerprint density at radius 1 is 1.20 bits per heavy atom. The van der Waals surface area contributed by atoms with E-state index >= 15 is 0 Å². The van der Waals surface area contributed by atoms with Gasteiger partial charge in [-0.15, -0.1) is 11.3 Å². The van der Waals surface area contributed by atoms with Crippen LogP contribution in [0.25, 0.3) is 0 Å². The maximum absolute atomic E-state index is 12.9. The van der Waals surface area contributed by atoms with Crippen LogP contribution in [0.5, 0.6) is 0 Å². The number of carbonyl (C=O) groups excluding carboxylic acids is 2. The van der Waals surface area contributed by atoms with E-state index in [2.05, 4.69) is 16.3 Å². The van der Waals surface area contributed by atoms with Gasteiger partial charge >= 0.3 is 0 Å². The molecule has 0 aromatic carbocycles. The second-order valence-corrected chi connectivity index (χ2v) is 8.96. The van der Waals surface area contributed by atoms with E-state index in [1.807, 2.05) is 6.92 Å². The van der Waals surface area contributed by atoms with Gasteiger partial charge in [-0.1, -0.05) is 6.42 Å². The number of nitriles is 1. The van der Waals surface area contributed by atoms with Gasteiger partial charge in [-0.25, -0.2) is 0 Å². The van der Waals surface area contributed by atoms with Crippen LogP contribution in [0.4, 0.5) is 5.00 Å². The maximum atomic E-state index is 12.9. The molecule has 1 N–H and O–H groups in total. The minimum absolute atomic E-state index is 0.103. The average Bonchev–Trinajstić information content (AvgIpc) is 3.35. The lowest BCUT2D eigenvalue weighted by Gasteiger charge is -2.37. The van der Waals surface area contributed by atoms with Crippen LogP contribution in [0.1, 0.15) is 52.7 Å². The summed E-state index contributed by atoms with van der Waals surface area (Å²) in [5.74, 6) is 0.125. The van der Waals surface area contributed by atoms with Crippen LogP contribution in [0.15, 0.2) is 22.8 Å². The molecule has 0 spiro atoms. The Bertz CT molecular complexity index is 952. The summed E-state index contributed by atoms with van der Waals surface area (Å²) in [5.41, 5.74) is 1.78. The van der Waals surface area contributed by atoms with Crippen LogP contribution in [0, 0.1) is 11.3 Å². The first-order chi connectivity index (χ1) is 14.6. The lowest BCUT2D eigenvalue weighted by Crippen LogP contribution is -2.54. The van der Waals surface area contributed by atoms with E-state index in [0.29, 0.717) is 42.5 Å². The molecule has 2 amide bonds. The van der Waals surface area contributed by atoms with Crippen LogP contribution in [-0.2, 0) is 17.6 Å². The number of hydrogen-bond donors (Lipinski definition) is 1. The van der Waals surface area contributed by atoms with Crippen molar-refractivity contribution in [2.45, 2.75) is 45.1 Å². The van der Waals surface area contributed by atoms with Crippen molar-refractivity contribution in [3.63, 3.8) is 0 Å². The van der Waals surface area contributed by atoms with E-state index in [-0.39, 0.29) is 17.9 Å². The number of rotatable bonds is 4. The van der Waals surface area contributed by atoms with Crippen molar-refractivity contribution < 1.29 is 14.0 Å². The predicted molar refractivity (Wildman–Crippen MR) is 115 cm³/mol. The summed E-state index contributed by atoms with van der Waals surface area (Å²) < 4.78 is 5.20. The van der Waals surface area contributed by atoms with E-state index in [4.69, 9.17) is 4.42 Å². The number of amides is 2. The van der Waals surface area contributed by atoms with Crippen molar-refractivity contribution in [1.29, 1.82) is 5.26 Å². The third-order valence-corrected chi connectivity index (χ3v) is 7.24. The van der Waals surface area contributed by atoms with Gasteiger partial charge in [0.2, 0.25) is 5.91 Å². The standard InChI is InChI=1S/C22H26N4O3S/c1-15(25-9-11-26(12-10-25)22(28)18-7-5-13-29-18)20(27)24-21-17(14-23)16-6-3-2-4-8-19(16)30-21/h5,7,13,15H,2-4,6,8-12H2,1H3,(H,24,27)/t15-/m0/s1. The number of nitrogens with one attached hydrogen (secondary N) is 1. The molecule has 3 heterocycles. The molecule has 30 heavy (non-hydrogen) atoms. The van der Waals surface area contributed by atoms with E-state index in [1.165, 1.54) is 17.6 Å². The minimum Gasteiger partial charge on any atom is -0.459 e. The van der Waals surface area contributed by atoms with Crippen molar-refractivity contribution in [1.82, 2.24) is 9.80 Å². The van der Waals surface area contributed by atoms with Gasteiger partial charge in [-0.3, -0.25) is 14.5 Å². The summed E-state index contributed by atoms with van der Waals surface area (Å²) in [6.45, 7) is 4.21. The number of fused-ring (bicyclic) bond motifs is 1. The first kappa shape index (κ1) is 20.6. The van der Waals surface area contributed by atoms with Gasteiger partial charge < -0.3 is 14.6 Å². The predicted octanol–water partition coefficient (Wildman–Crippen LogP) is 3.27. The van der Waals surface area contributed by atoms with Gasteiger partial charge in [0.05, 0.1) is 17.9 Å². The van der Waals surface area contributed by atoms with Gasteiger partial charge in [-0.05, 0) is 50.3 Å². The highest BCUT2D eigenvalue weighted by Crippen LogP contribution is 2.37. The molecule has 2 aromatic heterocycles. The summed E-state index contributed by atoms with van der Waals surface area (Å²) in [7, 11) is 0. The number of anilines is 1. The molecule has 1 aliphatic heterocycles. The summed E-state index contributed by atoms with van der Waals surface area (Å²) >= 11 is 1.56. The number of carbonyl (C=O) groups is 2. The Morgan fingerprint density at radius 2 is 1.97 bits per heavy atom. The van der Waals surface area contributed by atoms with Gasteiger partial charge in [-0.2, -0.15) is 5.26 Å². The fourth-order valence-electron chi connectivity index (χ4n) is 4.20. The molecule has 0 saturated carbocycles. The largest absolute Gasteiger partial charge is 0.459 e. The normalized spacial score (nSPS) is 18.2. The topological polar surface area (TPSA) is 89.6 Å². The molecule has 1 saturated heterocycles. The summed E-state index contributed by atoms with van der Waals surface area (Å²) in [6.07, 6.45) is 6.85. The average molecular weight is 427 g/mol. The van der Waals surface area contributed by atoms with Crippen molar-refractivity contribution in [2.75, 3.05) is 31.5 Å². The summed E-state index contributed by atoms with van der Waals surface area (Å²) in [6, 6.07) is 5.35. The molecule has 4 rings (SSSR count). The summed E-state index contributed by atoms with van der Waals surface area (Å²) in [5, 5.41) is 13.4. The van der Waals surface area contributed by atoms with E-state index in [0.717, 1.165) is 31.2 Å². The minimum atomic E-state index is -0.334. The Morgan fingerprint density at radius 3 is 2.67 bits per heavy atom. The third-order valence-electron chi connectivity index (χ3n) is 6.03. The molecule has 0 radical (unpaired) electrons. The van der Waals surface area contributed by atoms with Crippen molar-refractivity contribution in [3.05, 3.63) is 40.2 Å². The van der Waals surface area contributed by atoms with Gasteiger partial charge in [0.15, 0.2) is 5.76 Å². The van der Waals surface area contributed by atoms with E-state index < -0.39 is 0 Å². The van der Waals surface area contributed by atoms with Crippen LogP contribution in [-0.4, -0.2) is 53.8 Å². The van der Waals surface area contributed by atoms with Crippen LogP contribution < -0.4 is 5.32 Å². The number of hydrogen-bond acceptors (Lipinski definition) is 6. The van der Waals surface area contributed by atoms with Gasteiger partial charge in [0, 0.05) is 31.1 Å². The zero-order valence-corrected chi connectivity index (χ0v) is 18.0. The highest BCUT2D eigenvalue weighted by atomic mass is 32.1. The highest BCUT2D eigenvalue weighted by Gasteiger charge is 2.30. The molecular formula is C22H26N4O3S. The lowest BCUT2D eigenvalue weighted by atomic mass is 10.1. The zero-order valence-electron chi connectivity index (χ0n) is 17.1. The molecule has 2 aliphatic rings. The molecule has 1 aliphatic carbocycles. The monoisotopic (exact) mass is 426 g/mol. The van der Waals surface area contributed by atoms with Crippen LogP contribution in [0.3, 0.4) is 0 Å². The fraction of sp³-hybridized carbons (Fsp3) is 0.500. The Hall–Kier alpha value is -2.63. The maximum Gasteiger partial charge on any atom is 0.289 e. The molecule has 1 fully saturated rings. The van der Waals surface area contributed by atoms with E-state index in [1.54, 1.807) is 28.4 Å². The third kappa shape index (κ3) is 4.13. The highest BCUT2D eigenvalue weighted by molar-refractivity contribution is 7.16. The quantitative estimate of drug-likeness (QED) is 0.758. The van der Waals surface area contributed by atoms with Gasteiger partial charge in [0.1, 0.15) is 11.1 Å². The van der Waals surface area contributed by atoms with Crippen molar-refractivity contribution in [2.24, 2.45) is 0 Å². The molecule has 1 atom stereocenters. The van der Waals surface area contributed by atoms with Crippen LogP contribution >= 0.6 is 11.3 Å². The number of aryl methyl sites for hydroxylation is 1. The molecule has 158 valence electrons. The number of thiophene rings is 1. The molecule has 0 unspecified atom stereocenters. The van der Waals surface area contributed by atoms with Crippen molar-refractivity contribution >= 4 is 28.2 Å². The Balaban J connectivity index is 1.37. The Kier molecular flexibility index (Phi) is 6.21. The fourth-order valence-corrected chi connectivity index (χ4v) is 5.44. The first-order valence-corrected chi connectivity index (χ1v) is 11.3. The SMILES string of the molecule is C[C@@H](C(=O)Nc1sc2c(c1C#N)CCCCC2)N1CCN(C(=O)c2ccco2)CC1. The number of furan rings is 1. The first-order valence-electron chi connectivity index (χ1n) is 10.5.